The van der Waals surface area contributed by atoms with Crippen LogP contribution in [-0.2, 0) is 0 Å². The van der Waals surface area contributed by atoms with Crippen molar-refractivity contribution in [2.24, 2.45) is 5.10 Å². The molecule has 0 saturated carbocycles. The van der Waals surface area contributed by atoms with E-state index in [4.69, 9.17) is 17.0 Å². The van der Waals surface area contributed by atoms with Gasteiger partial charge in [-0.2, -0.15) is 14.9 Å². The topological polar surface area (TPSA) is 55.2 Å². The molecular formula is C14H12N4OS2. The minimum absolute atomic E-state index is 0.445. The zero-order valence-corrected chi connectivity index (χ0v) is 12.8. The molecule has 0 aliphatic carbocycles. The number of aromatic nitrogens is 3. The summed E-state index contributed by atoms with van der Waals surface area (Å²) >= 11 is 6.84. The lowest BCUT2D eigenvalue weighted by atomic mass is 10.2. The Morgan fingerprint density at radius 2 is 2.29 bits per heavy atom. The third-order valence-corrected chi connectivity index (χ3v) is 3.89. The number of hydrogen-bond donors (Lipinski definition) is 1. The standard InChI is InChI=1S/C14H12N4OS2/c1-19-11-5-2-4-10(8-11)13-16-17-14(20)18(13)15-9-12-6-3-7-21-12/h2-9H,1H3,(H,17,20). The number of rotatable bonds is 4. The van der Waals surface area contributed by atoms with Crippen molar-refractivity contribution in [2.45, 2.75) is 0 Å². The predicted molar refractivity (Wildman–Crippen MR) is 86.7 cm³/mol. The van der Waals surface area contributed by atoms with E-state index in [1.807, 2.05) is 41.8 Å². The highest BCUT2D eigenvalue weighted by Crippen LogP contribution is 2.22. The molecule has 3 aromatic rings. The van der Waals surface area contributed by atoms with Crippen LogP contribution in [0.25, 0.3) is 11.4 Å². The van der Waals surface area contributed by atoms with Crippen molar-refractivity contribution in [2.75, 3.05) is 7.11 Å². The van der Waals surface area contributed by atoms with Crippen molar-refractivity contribution < 1.29 is 4.74 Å². The van der Waals surface area contributed by atoms with E-state index in [0.29, 0.717) is 10.6 Å². The van der Waals surface area contributed by atoms with Crippen molar-refractivity contribution in [1.82, 2.24) is 14.9 Å². The quantitative estimate of drug-likeness (QED) is 0.591. The maximum absolute atomic E-state index is 5.23. The van der Waals surface area contributed by atoms with Gasteiger partial charge >= 0.3 is 0 Å². The highest BCUT2D eigenvalue weighted by molar-refractivity contribution is 7.71. The Morgan fingerprint density at radius 3 is 3.05 bits per heavy atom. The van der Waals surface area contributed by atoms with E-state index in [-0.39, 0.29) is 0 Å². The molecular weight excluding hydrogens is 304 g/mol. The molecule has 21 heavy (non-hydrogen) atoms. The smallest absolute Gasteiger partial charge is 0.216 e. The van der Waals surface area contributed by atoms with Crippen LogP contribution >= 0.6 is 23.6 Å². The second kappa shape index (κ2) is 6.02. The highest BCUT2D eigenvalue weighted by Gasteiger charge is 2.08. The summed E-state index contributed by atoms with van der Waals surface area (Å²) in [5.74, 6) is 1.40. The molecule has 3 rings (SSSR count). The molecule has 0 atom stereocenters. The van der Waals surface area contributed by atoms with Crippen LogP contribution in [0, 0.1) is 4.77 Å². The average molecular weight is 316 g/mol. The zero-order chi connectivity index (χ0) is 14.7. The molecule has 0 aliphatic heterocycles. The third-order valence-electron chi connectivity index (χ3n) is 2.82. The van der Waals surface area contributed by atoms with Gasteiger partial charge in [-0.15, -0.1) is 11.3 Å². The summed E-state index contributed by atoms with van der Waals surface area (Å²) < 4.78 is 7.28. The average Bonchev–Trinajstić information content (AvgIpc) is 3.15. The number of aromatic amines is 1. The number of ether oxygens (including phenoxy) is 1. The van der Waals surface area contributed by atoms with Crippen LogP contribution in [0.2, 0.25) is 0 Å². The van der Waals surface area contributed by atoms with Gasteiger partial charge < -0.3 is 4.74 Å². The van der Waals surface area contributed by atoms with Gasteiger partial charge in [0, 0.05) is 10.4 Å². The van der Waals surface area contributed by atoms with Crippen LogP contribution in [0.15, 0.2) is 46.9 Å². The van der Waals surface area contributed by atoms with Gasteiger partial charge in [0.25, 0.3) is 0 Å². The van der Waals surface area contributed by atoms with Crippen LogP contribution in [0.4, 0.5) is 0 Å². The van der Waals surface area contributed by atoms with E-state index in [9.17, 15) is 0 Å². The molecule has 0 radical (unpaired) electrons. The fraction of sp³-hybridized carbons (Fsp3) is 0.0714. The molecule has 0 fully saturated rings. The second-order valence-electron chi connectivity index (χ2n) is 4.16. The van der Waals surface area contributed by atoms with Gasteiger partial charge in [0.1, 0.15) is 5.75 Å². The summed E-state index contributed by atoms with van der Waals surface area (Å²) in [6.07, 6.45) is 1.76. The first-order chi connectivity index (χ1) is 10.3. The second-order valence-corrected chi connectivity index (χ2v) is 5.52. The lowest BCUT2D eigenvalue weighted by molar-refractivity contribution is 0.415. The van der Waals surface area contributed by atoms with Crippen molar-refractivity contribution in [3.63, 3.8) is 0 Å². The number of nitrogens with one attached hydrogen (secondary N) is 1. The van der Waals surface area contributed by atoms with E-state index in [1.165, 1.54) is 0 Å². The van der Waals surface area contributed by atoms with Crippen LogP contribution in [0.1, 0.15) is 4.88 Å². The normalized spacial score (nSPS) is 11.1. The predicted octanol–water partition coefficient (Wildman–Crippen LogP) is 3.56. The van der Waals surface area contributed by atoms with Gasteiger partial charge in [0.05, 0.1) is 13.3 Å². The molecule has 2 aromatic heterocycles. The van der Waals surface area contributed by atoms with Gasteiger partial charge in [0.2, 0.25) is 4.77 Å². The lowest BCUT2D eigenvalue weighted by Gasteiger charge is -2.03. The van der Waals surface area contributed by atoms with Crippen LogP contribution < -0.4 is 4.74 Å². The molecule has 1 aromatic carbocycles. The number of nitrogens with zero attached hydrogens (tertiary/aromatic N) is 3. The molecule has 0 saturated heterocycles. The SMILES string of the molecule is COc1cccc(-c2n[nH]c(=S)n2N=Cc2cccs2)c1. The van der Waals surface area contributed by atoms with Crippen molar-refractivity contribution in [3.8, 4) is 17.1 Å². The Morgan fingerprint density at radius 1 is 1.38 bits per heavy atom. The van der Waals surface area contributed by atoms with E-state index in [2.05, 4.69) is 15.3 Å². The van der Waals surface area contributed by atoms with Gasteiger partial charge in [-0.3, -0.25) is 0 Å². The molecule has 0 amide bonds. The summed E-state index contributed by atoms with van der Waals surface area (Å²) in [4.78, 5) is 1.05. The highest BCUT2D eigenvalue weighted by atomic mass is 32.1. The number of benzene rings is 1. The summed E-state index contributed by atoms with van der Waals surface area (Å²) in [7, 11) is 1.63. The van der Waals surface area contributed by atoms with E-state index in [0.717, 1.165) is 16.2 Å². The summed E-state index contributed by atoms with van der Waals surface area (Å²) in [6, 6.07) is 11.6. The first-order valence-corrected chi connectivity index (χ1v) is 7.46. The van der Waals surface area contributed by atoms with E-state index in [1.54, 1.807) is 29.3 Å². The molecule has 0 bridgehead atoms. The molecule has 0 aliphatic rings. The van der Waals surface area contributed by atoms with Crippen molar-refractivity contribution in [1.29, 1.82) is 0 Å². The Balaban J connectivity index is 2.02. The summed E-state index contributed by atoms with van der Waals surface area (Å²) in [6.45, 7) is 0. The Kier molecular flexibility index (Phi) is 3.94. The fourth-order valence-electron chi connectivity index (χ4n) is 1.83. The zero-order valence-electron chi connectivity index (χ0n) is 11.2. The van der Waals surface area contributed by atoms with Crippen LogP contribution in [0.3, 0.4) is 0 Å². The largest absolute Gasteiger partial charge is 0.497 e. The molecule has 106 valence electrons. The lowest BCUT2D eigenvalue weighted by Crippen LogP contribution is -1.94. The molecule has 2 heterocycles. The van der Waals surface area contributed by atoms with Gasteiger partial charge in [-0.25, -0.2) is 5.10 Å². The molecule has 5 nitrogen and oxygen atoms in total. The molecule has 0 spiro atoms. The van der Waals surface area contributed by atoms with Crippen LogP contribution in [-0.4, -0.2) is 28.2 Å². The summed E-state index contributed by atoms with van der Waals surface area (Å²) in [5, 5.41) is 13.4. The first-order valence-electron chi connectivity index (χ1n) is 6.17. The molecule has 1 N–H and O–H groups in total. The molecule has 0 unspecified atom stereocenters. The van der Waals surface area contributed by atoms with Gasteiger partial charge in [-0.05, 0) is 35.8 Å². The number of hydrogen-bond acceptors (Lipinski definition) is 5. The fourth-order valence-corrected chi connectivity index (χ4v) is 2.59. The number of methoxy groups -OCH3 is 1. The number of H-pyrrole nitrogens is 1. The maximum atomic E-state index is 5.23. The maximum Gasteiger partial charge on any atom is 0.216 e. The first kappa shape index (κ1) is 13.7. The molecule has 7 heteroatoms. The third kappa shape index (κ3) is 2.93. The van der Waals surface area contributed by atoms with Gasteiger partial charge in [-0.1, -0.05) is 18.2 Å². The van der Waals surface area contributed by atoms with E-state index < -0.39 is 0 Å². The Bertz CT molecular complexity index is 818. The Hall–Kier alpha value is -2.25. The van der Waals surface area contributed by atoms with Crippen molar-refractivity contribution in [3.05, 3.63) is 51.4 Å². The monoisotopic (exact) mass is 316 g/mol. The minimum Gasteiger partial charge on any atom is -0.497 e. The van der Waals surface area contributed by atoms with Gasteiger partial charge in [0.15, 0.2) is 5.82 Å². The van der Waals surface area contributed by atoms with Crippen LogP contribution in [0.5, 0.6) is 5.75 Å². The van der Waals surface area contributed by atoms with E-state index >= 15 is 0 Å². The Labute approximate surface area is 130 Å². The minimum atomic E-state index is 0.445. The number of thiophene rings is 1. The summed E-state index contributed by atoms with van der Waals surface area (Å²) in [5.41, 5.74) is 0.880. The van der Waals surface area contributed by atoms with Crippen molar-refractivity contribution >= 4 is 29.8 Å².